The van der Waals surface area contributed by atoms with Gasteiger partial charge in [-0.2, -0.15) is 0 Å². The molecule has 0 bridgehead atoms. The number of hydrogen-bond acceptors (Lipinski definition) is 4. The summed E-state index contributed by atoms with van der Waals surface area (Å²) in [6.45, 7) is 2.64. The first kappa shape index (κ1) is 23.0. The van der Waals surface area contributed by atoms with E-state index >= 15 is 0 Å². The molecule has 0 saturated heterocycles. The van der Waals surface area contributed by atoms with Crippen LogP contribution in [0, 0.1) is 0 Å². The van der Waals surface area contributed by atoms with Crippen molar-refractivity contribution in [2.45, 2.75) is 58.3 Å². The molecule has 0 aliphatic rings. The molecule has 5 heteroatoms. The van der Waals surface area contributed by atoms with Gasteiger partial charge in [-0.3, -0.25) is 0 Å². The average Bonchev–Trinajstić information content (AvgIpc) is 2.72. The van der Waals surface area contributed by atoms with Gasteiger partial charge in [0.2, 0.25) is 0 Å². The summed E-state index contributed by atoms with van der Waals surface area (Å²) in [5.41, 5.74) is 0.772. The van der Waals surface area contributed by atoms with Crippen LogP contribution in [0.4, 0.5) is 0 Å². The molecule has 0 unspecified atom stereocenters. The molecule has 2 aromatic rings. The summed E-state index contributed by atoms with van der Waals surface area (Å²) in [4.78, 5) is 24.3. The first-order chi connectivity index (χ1) is 14.1. The van der Waals surface area contributed by atoms with Gasteiger partial charge in [0.05, 0.1) is 17.7 Å². The first-order valence-corrected chi connectivity index (χ1v) is 10.7. The van der Waals surface area contributed by atoms with Crippen LogP contribution in [0.25, 0.3) is 0 Å². The molecule has 0 aromatic heterocycles. The van der Waals surface area contributed by atoms with Gasteiger partial charge in [-0.1, -0.05) is 69.5 Å². The van der Waals surface area contributed by atoms with E-state index in [2.05, 4.69) is 6.92 Å². The predicted molar refractivity (Wildman–Crippen MR) is 116 cm³/mol. The standard InChI is InChI=1S/C24H29ClO4/c1-2-3-4-5-6-7-8-9-17-28-23(26)19-13-15-20(16-14-19)24(27)29-22-12-10-11-21(25)18-22/h10-16,18H,2-9,17H2,1H3. The fourth-order valence-electron chi connectivity index (χ4n) is 2.92. The van der Waals surface area contributed by atoms with Crippen molar-refractivity contribution in [1.29, 1.82) is 0 Å². The molecule has 0 atom stereocenters. The molecule has 0 fully saturated rings. The third-order valence-corrected chi connectivity index (χ3v) is 4.83. The van der Waals surface area contributed by atoms with Gasteiger partial charge in [0, 0.05) is 5.02 Å². The topological polar surface area (TPSA) is 52.6 Å². The summed E-state index contributed by atoms with van der Waals surface area (Å²) >= 11 is 5.88. The van der Waals surface area contributed by atoms with E-state index in [0.29, 0.717) is 28.5 Å². The zero-order chi connectivity index (χ0) is 20.9. The number of ether oxygens (including phenoxy) is 2. The van der Waals surface area contributed by atoms with E-state index in [9.17, 15) is 9.59 Å². The van der Waals surface area contributed by atoms with Gasteiger partial charge in [0.25, 0.3) is 0 Å². The molecule has 156 valence electrons. The van der Waals surface area contributed by atoms with Crippen molar-refractivity contribution < 1.29 is 19.1 Å². The third kappa shape index (κ3) is 8.70. The maximum Gasteiger partial charge on any atom is 0.343 e. The van der Waals surface area contributed by atoms with Crippen molar-refractivity contribution in [1.82, 2.24) is 0 Å². The Bertz CT molecular complexity index is 771. The second kappa shape index (κ2) is 13.0. The highest BCUT2D eigenvalue weighted by Crippen LogP contribution is 2.18. The van der Waals surface area contributed by atoms with Crippen molar-refractivity contribution in [3.8, 4) is 5.75 Å². The summed E-state index contributed by atoms with van der Waals surface area (Å²) in [6, 6.07) is 12.9. The van der Waals surface area contributed by atoms with Crippen LogP contribution in [0.2, 0.25) is 5.02 Å². The van der Waals surface area contributed by atoms with Crippen LogP contribution in [-0.2, 0) is 4.74 Å². The Labute approximate surface area is 178 Å². The summed E-state index contributed by atoms with van der Waals surface area (Å²) < 4.78 is 10.6. The number of carbonyl (C=O) groups is 2. The number of esters is 2. The SMILES string of the molecule is CCCCCCCCCCOC(=O)c1ccc(C(=O)Oc2cccc(Cl)c2)cc1. The maximum absolute atomic E-state index is 12.2. The van der Waals surface area contributed by atoms with E-state index in [0.717, 1.165) is 12.8 Å². The molecule has 0 radical (unpaired) electrons. The van der Waals surface area contributed by atoms with Crippen LogP contribution in [0.3, 0.4) is 0 Å². The molecule has 29 heavy (non-hydrogen) atoms. The van der Waals surface area contributed by atoms with Crippen molar-refractivity contribution in [3.05, 3.63) is 64.7 Å². The quantitative estimate of drug-likeness (QED) is 0.215. The fourth-order valence-corrected chi connectivity index (χ4v) is 3.10. The normalized spacial score (nSPS) is 10.6. The van der Waals surface area contributed by atoms with Gasteiger partial charge in [0.15, 0.2) is 0 Å². The molecular formula is C24H29ClO4. The summed E-state index contributed by atoms with van der Waals surface area (Å²) in [6.07, 6.45) is 9.57. The van der Waals surface area contributed by atoms with Gasteiger partial charge in [-0.25, -0.2) is 9.59 Å². The van der Waals surface area contributed by atoms with Crippen LogP contribution in [-0.4, -0.2) is 18.5 Å². The number of benzene rings is 2. The lowest BCUT2D eigenvalue weighted by Gasteiger charge is -2.07. The summed E-state index contributed by atoms with van der Waals surface area (Å²) in [7, 11) is 0. The van der Waals surface area contributed by atoms with Crippen LogP contribution < -0.4 is 4.74 Å². The largest absolute Gasteiger partial charge is 0.462 e. The minimum atomic E-state index is -0.508. The van der Waals surface area contributed by atoms with Gasteiger partial charge >= 0.3 is 11.9 Å². The van der Waals surface area contributed by atoms with E-state index in [1.165, 1.54) is 38.5 Å². The average molecular weight is 417 g/mol. The minimum Gasteiger partial charge on any atom is -0.462 e. The molecular weight excluding hydrogens is 388 g/mol. The molecule has 0 aliphatic heterocycles. The molecule has 0 aliphatic carbocycles. The van der Waals surface area contributed by atoms with E-state index in [1.807, 2.05) is 0 Å². The van der Waals surface area contributed by atoms with Crippen LogP contribution in [0.5, 0.6) is 5.75 Å². The van der Waals surface area contributed by atoms with E-state index in [-0.39, 0.29) is 5.97 Å². The lowest BCUT2D eigenvalue weighted by molar-refractivity contribution is 0.0497. The third-order valence-electron chi connectivity index (χ3n) is 4.59. The predicted octanol–water partition coefficient (Wildman–Crippen LogP) is 6.86. The second-order valence-corrected chi connectivity index (χ2v) is 7.47. The first-order valence-electron chi connectivity index (χ1n) is 10.3. The number of carbonyl (C=O) groups excluding carboxylic acids is 2. The van der Waals surface area contributed by atoms with E-state index < -0.39 is 5.97 Å². The lowest BCUT2D eigenvalue weighted by atomic mass is 10.1. The molecule has 0 saturated carbocycles. The smallest absolute Gasteiger partial charge is 0.343 e. The number of hydrogen-bond donors (Lipinski definition) is 0. The molecule has 0 N–H and O–H groups in total. The Morgan fingerprint density at radius 3 is 2.00 bits per heavy atom. The van der Waals surface area contributed by atoms with Crippen molar-refractivity contribution >= 4 is 23.5 Å². The highest BCUT2D eigenvalue weighted by atomic mass is 35.5. The van der Waals surface area contributed by atoms with Crippen molar-refractivity contribution in [3.63, 3.8) is 0 Å². The molecule has 4 nitrogen and oxygen atoms in total. The van der Waals surface area contributed by atoms with E-state index in [1.54, 1.807) is 48.5 Å². The highest BCUT2D eigenvalue weighted by molar-refractivity contribution is 6.30. The lowest BCUT2D eigenvalue weighted by Crippen LogP contribution is -2.10. The molecule has 2 rings (SSSR count). The monoisotopic (exact) mass is 416 g/mol. The molecule has 0 heterocycles. The molecule has 2 aromatic carbocycles. The number of unbranched alkanes of at least 4 members (excludes halogenated alkanes) is 7. The Kier molecular flexibility index (Phi) is 10.3. The Balaban J connectivity index is 1.69. The fraction of sp³-hybridized carbons (Fsp3) is 0.417. The van der Waals surface area contributed by atoms with Gasteiger partial charge < -0.3 is 9.47 Å². The van der Waals surface area contributed by atoms with Gasteiger partial charge in [0.1, 0.15) is 5.75 Å². The summed E-state index contributed by atoms with van der Waals surface area (Å²) in [5, 5.41) is 0.491. The summed E-state index contributed by atoms with van der Waals surface area (Å²) in [5.74, 6) is -0.509. The zero-order valence-electron chi connectivity index (χ0n) is 17.0. The van der Waals surface area contributed by atoms with Crippen LogP contribution >= 0.6 is 11.6 Å². The Morgan fingerprint density at radius 1 is 0.793 bits per heavy atom. The van der Waals surface area contributed by atoms with Crippen LogP contribution in [0.15, 0.2) is 48.5 Å². The van der Waals surface area contributed by atoms with Gasteiger partial charge in [-0.05, 0) is 48.9 Å². The van der Waals surface area contributed by atoms with Crippen molar-refractivity contribution in [2.75, 3.05) is 6.61 Å². The van der Waals surface area contributed by atoms with Crippen molar-refractivity contribution in [2.24, 2.45) is 0 Å². The maximum atomic E-state index is 12.2. The molecule has 0 spiro atoms. The number of rotatable bonds is 12. The van der Waals surface area contributed by atoms with Crippen LogP contribution in [0.1, 0.15) is 79.0 Å². The Morgan fingerprint density at radius 2 is 1.38 bits per heavy atom. The zero-order valence-corrected chi connectivity index (χ0v) is 17.7. The highest BCUT2D eigenvalue weighted by Gasteiger charge is 2.12. The minimum absolute atomic E-state index is 0.351. The number of halogens is 1. The van der Waals surface area contributed by atoms with Gasteiger partial charge in [-0.15, -0.1) is 0 Å². The Hall–Kier alpha value is -2.33. The molecule has 0 amide bonds. The second-order valence-electron chi connectivity index (χ2n) is 7.04. The van der Waals surface area contributed by atoms with E-state index in [4.69, 9.17) is 21.1 Å².